The zero-order valence-corrected chi connectivity index (χ0v) is 12.2. The van der Waals surface area contributed by atoms with Gasteiger partial charge in [-0.15, -0.1) is 0 Å². The molecule has 0 bridgehead atoms. The van der Waals surface area contributed by atoms with E-state index in [9.17, 15) is 14.7 Å². The molecular formula is C15H21N3O3. The third-order valence-corrected chi connectivity index (χ3v) is 3.84. The molecule has 1 aromatic heterocycles. The number of carboxylic acid groups (broad SMARTS) is 1. The molecule has 6 nitrogen and oxygen atoms in total. The Morgan fingerprint density at radius 1 is 1.33 bits per heavy atom. The molecule has 1 aliphatic heterocycles. The molecule has 1 aromatic rings. The first-order chi connectivity index (χ1) is 10.1. The van der Waals surface area contributed by atoms with Crippen LogP contribution in [0.4, 0.5) is 4.79 Å². The molecule has 0 radical (unpaired) electrons. The van der Waals surface area contributed by atoms with Gasteiger partial charge in [0.15, 0.2) is 0 Å². The number of amides is 2. The lowest BCUT2D eigenvalue weighted by molar-refractivity contribution is -0.142. The van der Waals surface area contributed by atoms with Crippen molar-refractivity contribution in [2.24, 2.45) is 0 Å². The Hall–Kier alpha value is -2.11. The third-order valence-electron chi connectivity index (χ3n) is 3.84. The monoisotopic (exact) mass is 291 g/mol. The predicted molar refractivity (Wildman–Crippen MR) is 77.8 cm³/mol. The fourth-order valence-corrected chi connectivity index (χ4v) is 2.61. The number of urea groups is 1. The Kier molecular flexibility index (Phi) is 5.14. The standard InChI is InChI=1S/C15H21N3O3/c1-11(12-6-8-16-9-7-12)17-15(21)18-10-4-2-3-5-13(18)14(19)20/h6-9,11,13H,2-5,10H2,1H3,(H,17,21)(H,19,20). The van der Waals surface area contributed by atoms with Crippen LogP contribution in [0.15, 0.2) is 24.5 Å². The van der Waals surface area contributed by atoms with Gasteiger partial charge < -0.3 is 15.3 Å². The summed E-state index contributed by atoms with van der Waals surface area (Å²) >= 11 is 0. The summed E-state index contributed by atoms with van der Waals surface area (Å²) in [5.41, 5.74) is 0.944. The van der Waals surface area contributed by atoms with Gasteiger partial charge in [0.05, 0.1) is 6.04 Å². The second-order valence-electron chi connectivity index (χ2n) is 5.35. The maximum atomic E-state index is 12.4. The number of aromatic nitrogens is 1. The minimum absolute atomic E-state index is 0.182. The largest absolute Gasteiger partial charge is 0.480 e. The fraction of sp³-hybridized carbons (Fsp3) is 0.533. The van der Waals surface area contributed by atoms with Crippen LogP contribution in [0.2, 0.25) is 0 Å². The SMILES string of the molecule is CC(NC(=O)N1CCCCCC1C(=O)O)c1ccncc1. The molecule has 1 saturated heterocycles. The molecule has 21 heavy (non-hydrogen) atoms. The van der Waals surface area contributed by atoms with Gasteiger partial charge in [-0.3, -0.25) is 4.98 Å². The highest BCUT2D eigenvalue weighted by atomic mass is 16.4. The van der Waals surface area contributed by atoms with Gasteiger partial charge in [-0.1, -0.05) is 12.8 Å². The third kappa shape index (κ3) is 3.93. The summed E-state index contributed by atoms with van der Waals surface area (Å²) in [5.74, 6) is -0.927. The Morgan fingerprint density at radius 3 is 2.71 bits per heavy atom. The average molecular weight is 291 g/mol. The average Bonchev–Trinajstić information content (AvgIpc) is 2.74. The maximum Gasteiger partial charge on any atom is 0.326 e. The highest BCUT2D eigenvalue weighted by Gasteiger charge is 2.31. The number of pyridine rings is 1. The van der Waals surface area contributed by atoms with Crippen LogP contribution in [0.3, 0.4) is 0 Å². The summed E-state index contributed by atoms with van der Waals surface area (Å²) in [4.78, 5) is 29.1. The molecule has 2 heterocycles. The van der Waals surface area contributed by atoms with Gasteiger partial charge >= 0.3 is 12.0 Å². The van der Waals surface area contributed by atoms with E-state index in [1.54, 1.807) is 12.4 Å². The summed E-state index contributed by atoms with van der Waals surface area (Å²) in [6.07, 6.45) is 6.52. The Labute approximate surface area is 124 Å². The number of likely N-dealkylation sites (tertiary alicyclic amines) is 1. The maximum absolute atomic E-state index is 12.4. The van der Waals surface area contributed by atoms with Crippen LogP contribution in [0.25, 0.3) is 0 Å². The summed E-state index contributed by atoms with van der Waals surface area (Å²) in [6, 6.07) is 2.45. The molecule has 114 valence electrons. The van der Waals surface area contributed by atoms with Crippen LogP contribution < -0.4 is 5.32 Å². The fourth-order valence-electron chi connectivity index (χ4n) is 2.61. The molecule has 0 saturated carbocycles. The first kappa shape index (κ1) is 15.3. The van der Waals surface area contributed by atoms with Crippen LogP contribution >= 0.6 is 0 Å². The second kappa shape index (κ2) is 7.06. The van der Waals surface area contributed by atoms with Crippen molar-refractivity contribution >= 4 is 12.0 Å². The van der Waals surface area contributed by atoms with Crippen molar-refractivity contribution in [2.75, 3.05) is 6.54 Å². The first-order valence-electron chi connectivity index (χ1n) is 7.29. The van der Waals surface area contributed by atoms with Crippen molar-refractivity contribution in [3.8, 4) is 0 Å². The topological polar surface area (TPSA) is 82.5 Å². The van der Waals surface area contributed by atoms with E-state index in [0.29, 0.717) is 13.0 Å². The van der Waals surface area contributed by atoms with Crippen LogP contribution in [0.5, 0.6) is 0 Å². The van der Waals surface area contributed by atoms with E-state index >= 15 is 0 Å². The number of aliphatic carboxylic acids is 1. The second-order valence-corrected chi connectivity index (χ2v) is 5.35. The van der Waals surface area contributed by atoms with Crippen LogP contribution in [0, 0.1) is 0 Å². The number of nitrogens with one attached hydrogen (secondary N) is 1. The number of hydrogen-bond donors (Lipinski definition) is 2. The molecule has 2 N–H and O–H groups in total. The van der Waals surface area contributed by atoms with E-state index in [-0.39, 0.29) is 12.1 Å². The van der Waals surface area contributed by atoms with E-state index in [4.69, 9.17) is 0 Å². The molecule has 1 aliphatic rings. The number of carboxylic acids is 1. The summed E-state index contributed by atoms with van der Waals surface area (Å²) < 4.78 is 0. The number of nitrogens with zero attached hydrogens (tertiary/aromatic N) is 2. The zero-order chi connectivity index (χ0) is 15.2. The van der Waals surface area contributed by atoms with E-state index < -0.39 is 12.0 Å². The van der Waals surface area contributed by atoms with Gasteiger partial charge in [0.2, 0.25) is 0 Å². The normalized spacial score (nSPS) is 20.4. The number of rotatable bonds is 3. The van der Waals surface area contributed by atoms with Gasteiger partial charge in [0.25, 0.3) is 0 Å². The molecule has 0 aromatic carbocycles. The minimum atomic E-state index is -0.927. The molecule has 2 amide bonds. The van der Waals surface area contributed by atoms with Gasteiger partial charge in [-0.25, -0.2) is 9.59 Å². The van der Waals surface area contributed by atoms with Crippen LogP contribution in [0.1, 0.15) is 44.2 Å². The molecule has 6 heteroatoms. The van der Waals surface area contributed by atoms with Crippen molar-refractivity contribution < 1.29 is 14.7 Å². The Morgan fingerprint density at radius 2 is 2.05 bits per heavy atom. The van der Waals surface area contributed by atoms with Crippen molar-refractivity contribution in [3.05, 3.63) is 30.1 Å². The highest BCUT2D eigenvalue weighted by Crippen LogP contribution is 2.18. The van der Waals surface area contributed by atoms with Gasteiger partial charge in [-0.05, 0) is 37.5 Å². The number of carbonyl (C=O) groups is 2. The Bertz CT molecular complexity index is 492. The Balaban J connectivity index is 2.05. The smallest absolute Gasteiger partial charge is 0.326 e. The first-order valence-corrected chi connectivity index (χ1v) is 7.29. The van der Waals surface area contributed by atoms with Crippen molar-refractivity contribution in [1.29, 1.82) is 0 Å². The van der Waals surface area contributed by atoms with Crippen LogP contribution in [-0.2, 0) is 4.79 Å². The van der Waals surface area contributed by atoms with Gasteiger partial charge in [0, 0.05) is 18.9 Å². The lowest BCUT2D eigenvalue weighted by atomic mass is 10.1. The van der Waals surface area contributed by atoms with Crippen molar-refractivity contribution in [1.82, 2.24) is 15.2 Å². The summed E-state index contributed by atoms with van der Waals surface area (Å²) in [5, 5.41) is 12.2. The van der Waals surface area contributed by atoms with Gasteiger partial charge in [0.1, 0.15) is 6.04 Å². The minimum Gasteiger partial charge on any atom is -0.480 e. The lowest BCUT2D eigenvalue weighted by Gasteiger charge is -2.28. The van der Waals surface area contributed by atoms with Crippen LogP contribution in [-0.4, -0.2) is 39.6 Å². The quantitative estimate of drug-likeness (QED) is 0.894. The summed E-state index contributed by atoms with van der Waals surface area (Å²) in [6.45, 7) is 2.37. The number of hydrogen-bond acceptors (Lipinski definition) is 3. The predicted octanol–water partition coefficient (Wildman–Crippen LogP) is 2.18. The van der Waals surface area contributed by atoms with E-state index in [2.05, 4.69) is 10.3 Å². The molecular weight excluding hydrogens is 270 g/mol. The van der Waals surface area contributed by atoms with Crippen molar-refractivity contribution in [2.45, 2.75) is 44.7 Å². The molecule has 2 unspecified atom stereocenters. The van der Waals surface area contributed by atoms with E-state index in [0.717, 1.165) is 24.8 Å². The molecule has 0 aliphatic carbocycles. The van der Waals surface area contributed by atoms with E-state index in [1.165, 1.54) is 4.90 Å². The molecule has 0 spiro atoms. The molecule has 1 fully saturated rings. The number of carbonyl (C=O) groups excluding carboxylic acids is 1. The zero-order valence-electron chi connectivity index (χ0n) is 12.2. The highest BCUT2D eigenvalue weighted by molar-refractivity contribution is 5.83. The van der Waals surface area contributed by atoms with Gasteiger partial charge in [-0.2, -0.15) is 0 Å². The summed E-state index contributed by atoms with van der Waals surface area (Å²) in [7, 11) is 0. The van der Waals surface area contributed by atoms with E-state index in [1.807, 2.05) is 19.1 Å². The van der Waals surface area contributed by atoms with Crippen molar-refractivity contribution in [3.63, 3.8) is 0 Å². The molecule has 2 atom stereocenters. The lowest BCUT2D eigenvalue weighted by Crippen LogP contribution is -2.49. The molecule has 2 rings (SSSR count).